The standard InChI is InChI=1S/C23H29N3O2/c1-17-7-9-18(10-8-17)11-12-22(28)24-20-6-4-5-19-15-26(14-13-25(2)3)16-21(27)23(19)20/h4,6-10,15H,5,11-14,16H2,1-3H3,(H,24,28). The second-order valence-electron chi connectivity index (χ2n) is 7.78. The van der Waals surface area contributed by atoms with Crippen LogP contribution in [0.2, 0.25) is 0 Å². The maximum atomic E-state index is 12.7. The maximum absolute atomic E-state index is 12.7. The first kappa shape index (κ1) is 20.1. The minimum absolute atomic E-state index is 0.0585. The Morgan fingerprint density at radius 3 is 2.68 bits per heavy atom. The molecule has 0 spiro atoms. The Morgan fingerprint density at radius 2 is 1.96 bits per heavy atom. The van der Waals surface area contributed by atoms with E-state index in [1.54, 1.807) is 0 Å². The fourth-order valence-corrected chi connectivity index (χ4v) is 3.44. The van der Waals surface area contributed by atoms with Gasteiger partial charge in [-0.1, -0.05) is 35.9 Å². The molecule has 148 valence electrons. The van der Waals surface area contributed by atoms with Crippen LogP contribution in [0.25, 0.3) is 0 Å². The monoisotopic (exact) mass is 379 g/mol. The molecule has 2 aliphatic rings. The van der Waals surface area contributed by atoms with Gasteiger partial charge in [-0.3, -0.25) is 9.59 Å². The van der Waals surface area contributed by atoms with Crippen LogP contribution in [0.1, 0.15) is 24.0 Å². The second-order valence-corrected chi connectivity index (χ2v) is 7.78. The van der Waals surface area contributed by atoms with Crippen molar-refractivity contribution in [2.24, 2.45) is 0 Å². The number of hydrogen-bond donors (Lipinski definition) is 1. The largest absolute Gasteiger partial charge is 0.368 e. The van der Waals surface area contributed by atoms with Crippen LogP contribution in [0.4, 0.5) is 0 Å². The zero-order chi connectivity index (χ0) is 20.1. The predicted octanol–water partition coefficient (Wildman–Crippen LogP) is 2.59. The first-order valence-corrected chi connectivity index (χ1v) is 9.81. The number of nitrogens with one attached hydrogen (secondary N) is 1. The molecule has 28 heavy (non-hydrogen) atoms. The van der Waals surface area contributed by atoms with E-state index in [4.69, 9.17) is 0 Å². The van der Waals surface area contributed by atoms with Gasteiger partial charge in [0.25, 0.3) is 0 Å². The highest BCUT2D eigenvalue weighted by atomic mass is 16.1. The van der Waals surface area contributed by atoms with E-state index in [0.717, 1.165) is 30.6 Å². The highest BCUT2D eigenvalue weighted by molar-refractivity contribution is 6.04. The van der Waals surface area contributed by atoms with Crippen molar-refractivity contribution >= 4 is 11.7 Å². The van der Waals surface area contributed by atoms with E-state index in [-0.39, 0.29) is 11.7 Å². The maximum Gasteiger partial charge on any atom is 0.224 e. The zero-order valence-corrected chi connectivity index (χ0v) is 17.0. The molecule has 3 rings (SSSR count). The van der Waals surface area contributed by atoms with Crippen LogP contribution >= 0.6 is 0 Å². The summed E-state index contributed by atoms with van der Waals surface area (Å²) in [5.41, 5.74) is 4.66. The Labute approximate surface area is 167 Å². The summed E-state index contributed by atoms with van der Waals surface area (Å²) >= 11 is 0. The molecule has 1 aromatic carbocycles. The van der Waals surface area contributed by atoms with E-state index in [1.165, 1.54) is 5.56 Å². The molecule has 0 bridgehead atoms. The number of nitrogens with zero attached hydrogens (tertiary/aromatic N) is 2. The number of hydrogen-bond acceptors (Lipinski definition) is 4. The first-order chi connectivity index (χ1) is 13.4. The average Bonchev–Trinajstić information content (AvgIpc) is 2.66. The molecule has 1 amide bonds. The number of Topliss-reactive ketones (excluding diaryl/α,β-unsaturated/α-hetero) is 1. The lowest BCUT2D eigenvalue weighted by molar-refractivity contribution is -0.120. The van der Waals surface area contributed by atoms with Crippen molar-refractivity contribution < 1.29 is 9.59 Å². The molecule has 0 fully saturated rings. The van der Waals surface area contributed by atoms with Crippen LogP contribution in [-0.4, -0.2) is 55.2 Å². The number of amides is 1. The van der Waals surface area contributed by atoms with Crippen LogP contribution in [0, 0.1) is 6.92 Å². The van der Waals surface area contributed by atoms with E-state index < -0.39 is 0 Å². The Balaban J connectivity index is 1.65. The quantitative estimate of drug-likeness (QED) is 0.791. The second kappa shape index (κ2) is 9.02. The number of carbonyl (C=O) groups excluding carboxylic acids is 2. The van der Waals surface area contributed by atoms with Gasteiger partial charge in [-0.2, -0.15) is 0 Å². The van der Waals surface area contributed by atoms with Crippen LogP contribution in [0.3, 0.4) is 0 Å². The smallest absolute Gasteiger partial charge is 0.224 e. The lowest BCUT2D eigenvalue weighted by Crippen LogP contribution is -2.38. The van der Waals surface area contributed by atoms with Gasteiger partial charge in [0.15, 0.2) is 5.78 Å². The molecular weight excluding hydrogens is 350 g/mol. The van der Waals surface area contributed by atoms with Crippen LogP contribution in [0.5, 0.6) is 0 Å². The Bertz CT molecular complexity index is 832. The molecule has 0 aromatic heterocycles. The molecule has 1 aliphatic heterocycles. The average molecular weight is 380 g/mol. The lowest BCUT2D eigenvalue weighted by atomic mass is 9.90. The van der Waals surface area contributed by atoms with Gasteiger partial charge < -0.3 is 15.1 Å². The minimum atomic E-state index is -0.0585. The van der Waals surface area contributed by atoms with E-state index in [1.807, 2.05) is 33.2 Å². The minimum Gasteiger partial charge on any atom is -0.368 e. The summed E-state index contributed by atoms with van der Waals surface area (Å²) in [5, 5.41) is 2.96. The normalized spacial score (nSPS) is 16.4. The van der Waals surface area contributed by atoms with Crippen molar-refractivity contribution in [3.05, 3.63) is 70.6 Å². The topological polar surface area (TPSA) is 52.7 Å². The highest BCUT2D eigenvalue weighted by Gasteiger charge is 2.27. The summed E-state index contributed by atoms with van der Waals surface area (Å²) in [7, 11) is 4.05. The molecule has 1 N–H and O–H groups in total. The summed E-state index contributed by atoms with van der Waals surface area (Å²) < 4.78 is 0. The molecule has 5 heteroatoms. The van der Waals surface area contributed by atoms with Crippen molar-refractivity contribution in [1.82, 2.24) is 15.1 Å². The molecule has 0 radical (unpaired) electrons. The molecule has 1 aliphatic carbocycles. The molecule has 1 aromatic rings. The number of carbonyl (C=O) groups is 2. The van der Waals surface area contributed by atoms with Crippen molar-refractivity contribution in [3.63, 3.8) is 0 Å². The van der Waals surface area contributed by atoms with Gasteiger partial charge in [-0.25, -0.2) is 0 Å². The Morgan fingerprint density at radius 1 is 1.21 bits per heavy atom. The third-order valence-corrected chi connectivity index (χ3v) is 5.05. The van der Waals surface area contributed by atoms with E-state index in [9.17, 15) is 9.59 Å². The van der Waals surface area contributed by atoms with Gasteiger partial charge in [-0.15, -0.1) is 0 Å². The number of allylic oxidation sites excluding steroid dienone is 3. The molecule has 0 atom stereocenters. The number of ketones is 1. The molecule has 5 nitrogen and oxygen atoms in total. The van der Waals surface area contributed by atoms with Crippen molar-refractivity contribution in [2.75, 3.05) is 33.7 Å². The van der Waals surface area contributed by atoms with Crippen molar-refractivity contribution in [1.29, 1.82) is 0 Å². The SMILES string of the molecule is Cc1ccc(CCC(=O)NC2=C3C(=O)CN(CCN(C)C)C=C3CC=C2)cc1. The lowest BCUT2D eigenvalue weighted by Gasteiger charge is -2.30. The fourth-order valence-electron chi connectivity index (χ4n) is 3.44. The Hall–Kier alpha value is -2.66. The first-order valence-electron chi connectivity index (χ1n) is 9.81. The third-order valence-electron chi connectivity index (χ3n) is 5.05. The van der Waals surface area contributed by atoms with E-state index >= 15 is 0 Å². The van der Waals surface area contributed by atoms with Gasteiger partial charge in [0.2, 0.25) is 5.91 Å². The highest BCUT2D eigenvalue weighted by Crippen LogP contribution is 2.28. The number of fused-ring (bicyclic) bond motifs is 1. The Kier molecular flexibility index (Phi) is 6.47. The molecule has 0 saturated carbocycles. The molecule has 0 unspecified atom stereocenters. The summed E-state index contributed by atoms with van der Waals surface area (Å²) in [4.78, 5) is 29.4. The van der Waals surface area contributed by atoms with E-state index in [0.29, 0.717) is 30.7 Å². The van der Waals surface area contributed by atoms with Gasteiger partial charge >= 0.3 is 0 Å². The van der Waals surface area contributed by atoms with Crippen molar-refractivity contribution in [2.45, 2.75) is 26.2 Å². The number of aryl methyl sites for hydroxylation is 2. The van der Waals surface area contributed by atoms with E-state index in [2.05, 4.69) is 45.6 Å². The van der Waals surface area contributed by atoms with Crippen LogP contribution in [0.15, 0.2) is 59.5 Å². The number of likely N-dealkylation sites (N-methyl/N-ethyl adjacent to an activating group) is 1. The number of rotatable bonds is 7. The van der Waals surface area contributed by atoms with Gasteiger partial charge in [0.05, 0.1) is 12.2 Å². The predicted molar refractivity (Wildman–Crippen MR) is 112 cm³/mol. The summed E-state index contributed by atoms with van der Waals surface area (Å²) in [6, 6.07) is 8.22. The zero-order valence-electron chi connectivity index (χ0n) is 17.0. The van der Waals surface area contributed by atoms with Gasteiger partial charge in [0.1, 0.15) is 0 Å². The van der Waals surface area contributed by atoms with Gasteiger partial charge in [-0.05, 0) is 51.1 Å². The fraction of sp³-hybridized carbons (Fsp3) is 0.391. The molecular formula is C23H29N3O2. The van der Waals surface area contributed by atoms with Crippen LogP contribution in [-0.2, 0) is 16.0 Å². The summed E-state index contributed by atoms with van der Waals surface area (Å²) in [6.07, 6.45) is 7.76. The van der Waals surface area contributed by atoms with Crippen LogP contribution < -0.4 is 5.32 Å². The summed E-state index contributed by atoms with van der Waals surface area (Å²) in [6.45, 7) is 4.13. The van der Waals surface area contributed by atoms with Crippen molar-refractivity contribution in [3.8, 4) is 0 Å². The molecule has 0 saturated heterocycles. The third kappa shape index (κ3) is 5.20. The molecule has 1 heterocycles. The van der Waals surface area contributed by atoms with Gasteiger partial charge in [0, 0.05) is 31.3 Å². The summed E-state index contributed by atoms with van der Waals surface area (Å²) in [5.74, 6) is 0.0197. The number of benzene rings is 1.